The van der Waals surface area contributed by atoms with Gasteiger partial charge in [-0.3, -0.25) is 4.79 Å². The summed E-state index contributed by atoms with van der Waals surface area (Å²) in [6, 6.07) is 4.84. The summed E-state index contributed by atoms with van der Waals surface area (Å²) in [5.74, 6) is 0.137. The Morgan fingerprint density at radius 1 is 1.61 bits per heavy atom. The number of alkyl halides is 1. The second kappa shape index (κ2) is 5.91. The van der Waals surface area contributed by atoms with Crippen LogP contribution in [-0.4, -0.2) is 47.6 Å². The molecule has 1 aromatic rings. The summed E-state index contributed by atoms with van der Waals surface area (Å²) in [6.45, 7) is 1.44. The van der Waals surface area contributed by atoms with Gasteiger partial charge in [-0.2, -0.15) is 0 Å². The number of phenols is 1. The molecule has 1 aromatic carbocycles. The standard InChI is InChI=1S/C12H13BrClNO3/c13-8-1-2-10(11(16)5-8)12(17)15-3-4-18-9(6-14)7-15/h1-2,5,9,16H,3-4,6-7H2. The molecule has 1 aliphatic heterocycles. The third-order valence-electron chi connectivity index (χ3n) is 2.79. The van der Waals surface area contributed by atoms with Crippen molar-refractivity contribution in [2.24, 2.45) is 0 Å². The molecular weight excluding hydrogens is 321 g/mol. The molecule has 0 aliphatic carbocycles. The van der Waals surface area contributed by atoms with Crippen molar-refractivity contribution in [2.75, 3.05) is 25.6 Å². The van der Waals surface area contributed by atoms with Gasteiger partial charge in [-0.25, -0.2) is 0 Å². The lowest BCUT2D eigenvalue weighted by molar-refractivity contribution is -0.0109. The number of carbonyl (C=O) groups excluding carboxylic acids is 1. The van der Waals surface area contributed by atoms with Gasteiger partial charge in [0.1, 0.15) is 5.75 Å². The van der Waals surface area contributed by atoms with Crippen molar-refractivity contribution in [2.45, 2.75) is 6.10 Å². The molecule has 0 radical (unpaired) electrons. The van der Waals surface area contributed by atoms with Gasteiger partial charge < -0.3 is 14.7 Å². The number of benzene rings is 1. The smallest absolute Gasteiger partial charge is 0.257 e. The molecule has 98 valence electrons. The Morgan fingerprint density at radius 3 is 3.06 bits per heavy atom. The van der Waals surface area contributed by atoms with Crippen LogP contribution >= 0.6 is 27.5 Å². The molecule has 2 rings (SSSR count). The fourth-order valence-corrected chi connectivity index (χ4v) is 2.39. The first-order valence-corrected chi connectivity index (χ1v) is 6.90. The van der Waals surface area contributed by atoms with Gasteiger partial charge in [0.05, 0.1) is 24.2 Å². The van der Waals surface area contributed by atoms with Crippen LogP contribution in [0.4, 0.5) is 0 Å². The average Bonchev–Trinajstić information content (AvgIpc) is 2.38. The molecule has 0 aromatic heterocycles. The van der Waals surface area contributed by atoms with Crippen molar-refractivity contribution >= 4 is 33.4 Å². The van der Waals surface area contributed by atoms with E-state index in [4.69, 9.17) is 16.3 Å². The zero-order chi connectivity index (χ0) is 13.1. The van der Waals surface area contributed by atoms with Gasteiger partial charge in [0, 0.05) is 17.6 Å². The van der Waals surface area contributed by atoms with Crippen molar-refractivity contribution in [3.05, 3.63) is 28.2 Å². The maximum atomic E-state index is 12.2. The molecular formula is C12H13BrClNO3. The third-order valence-corrected chi connectivity index (χ3v) is 3.63. The summed E-state index contributed by atoms with van der Waals surface area (Å²) in [5.41, 5.74) is 0.299. The fraction of sp³-hybridized carbons (Fsp3) is 0.417. The van der Waals surface area contributed by atoms with Gasteiger partial charge in [-0.1, -0.05) is 15.9 Å². The van der Waals surface area contributed by atoms with Gasteiger partial charge >= 0.3 is 0 Å². The number of carbonyl (C=O) groups is 1. The maximum Gasteiger partial charge on any atom is 0.257 e. The number of hydrogen-bond donors (Lipinski definition) is 1. The number of aromatic hydroxyl groups is 1. The van der Waals surface area contributed by atoms with Crippen molar-refractivity contribution in [3.8, 4) is 5.75 Å². The summed E-state index contributed by atoms with van der Waals surface area (Å²) >= 11 is 8.97. The second-order valence-electron chi connectivity index (χ2n) is 4.06. The summed E-state index contributed by atoms with van der Waals surface area (Å²) in [4.78, 5) is 13.9. The molecule has 1 unspecified atom stereocenters. The van der Waals surface area contributed by atoms with Crippen LogP contribution in [0.2, 0.25) is 0 Å². The highest BCUT2D eigenvalue weighted by atomic mass is 79.9. The normalized spacial score (nSPS) is 19.9. The molecule has 1 heterocycles. The van der Waals surface area contributed by atoms with Crippen LogP contribution in [0.25, 0.3) is 0 Å². The van der Waals surface area contributed by atoms with E-state index in [1.54, 1.807) is 17.0 Å². The molecule has 0 spiro atoms. The molecule has 0 bridgehead atoms. The van der Waals surface area contributed by atoms with Crippen molar-refractivity contribution in [1.29, 1.82) is 0 Å². The zero-order valence-electron chi connectivity index (χ0n) is 9.60. The summed E-state index contributed by atoms with van der Waals surface area (Å²) < 4.78 is 6.13. The highest BCUT2D eigenvalue weighted by molar-refractivity contribution is 9.10. The van der Waals surface area contributed by atoms with E-state index >= 15 is 0 Å². The van der Waals surface area contributed by atoms with E-state index in [0.717, 1.165) is 4.47 Å². The van der Waals surface area contributed by atoms with Gasteiger partial charge in [-0.05, 0) is 18.2 Å². The van der Waals surface area contributed by atoms with E-state index in [9.17, 15) is 9.90 Å². The van der Waals surface area contributed by atoms with Gasteiger partial charge in [0.25, 0.3) is 5.91 Å². The first-order valence-electron chi connectivity index (χ1n) is 5.57. The lowest BCUT2D eigenvalue weighted by atomic mass is 10.1. The topological polar surface area (TPSA) is 49.8 Å². The van der Waals surface area contributed by atoms with E-state index in [1.165, 1.54) is 6.07 Å². The van der Waals surface area contributed by atoms with Crippen LogP contribution in [0.3, 0.4) is 0 Å². The summed E-state index contributed by atoms with van der Waals surface area (Å²) in [7, 11) is 0. The largest absolute Gasteiger partial charge is 0.507 e. The van der Waals surface area contributed by atoms with Gasteiger partial charge in [0.15, 0.2) is 0 Å². The molecule has 1 fully saturated rings. The number of rotatable bonds is 2. The molecule has 18 heavy (non-hydrogen) atoms. The first-order chi connectivity index (χ1) is 8.61. The van der Waals surface area contributed by atoms with Crippen molar-refractivity contribution < 1.29 is 14.6 Å². The molecule has 1 amide bonds. The zero-order valence-corrected chi connectivity index (χ0v) is 11.9. The summed E-state index contributed by atoms with van der Waals surface area (Å²) in [5, 5.41) is 9.78. The van der Waals surface area contributed by atoms with Gasteiger partial charge in [0.2, 0.25) is 0 Å². The predicted molar refractivity (Wildman–Crippen MR) is 72.2 cm³/mol. The molecule has 0 saturated carbocycles. The van der Waals surface area contributed by atoms with Crippen LogP contribution in [0.5, 0.6) is 5.75 Å². The summed E-state index contributed by atoms with van der Waals surface area (Å²) in [6.07, 6.45) is -0.137. The number of morpholine rings is 1. The lowest BCUT2D eigenvalue weighted by Crippen LogP contribution is -2.46. The van der Waals surface area contributed by atoms with Crippen molar-refractivity contribution in [3.63, 3.8) is 0 Å². The minimum Gasteiger partial charge on any atom is -0.507 e. The maximum absolute atomic E-state index is 12.2. The molecule has 1 atom stereocenters. The molecule has 4 nitrogen and oxygen atoms in total. The number of phenolic OH excluding ortho intramolecular Hbond substituents is 1. The van der Waals surface area contributed by atoms with E-state index in [1.807, 2.05) is 0 Å². The van der Waals surface area contributed by atoms with E-state index < -0.39 is 0 Å². The number of hydrogen-bond acceptors (Lipinski definition) is 3. The molecule has 1 saturated heterocycles. The molecule has 6 heteroatoms. The molecule has 1 N–H and O–H groups in total. The van der Waals surface area contributed by atoms with E-state index in [0.29, 0.717) is 31.1 Å². The monoisotopic (exact) mass is 333 g/mol. The third kappa shape index (κ3) is 2.96. The van der Waals surface area contributed by atoms with Crippen LogP contribution in [0.15, 0.2) is 22.7 Å². The van der Waals surface area contributed by atoms with E-state index in [2.05, 4.69) is 15.9 Å². The minimum absolute atomic E-state index is 0.0247. The van der Waals surface area contributed by atoms with Crippen LogP contribution in [-0.2, 0) is 4.74 Å². The predicted octanol–water partition coefficient (Wildman–Crippen LogP) is 2.23. The number of nitrogens with zero attached hydrogens (tertiary/aromatic N) is 1. The lowest BCUT2D eigenvalue weighted by Gasteiger charge is -2.32. The second-order valence-corrected chi connectivity index (χ2v) is 5.28. The Morgan fingerprint density at radius 2 is 2.39 bits per heavy atom. The molecule has 1 aliphatic rings. The Kier molecular flexibility index (Phi) is 4.48. The van der Waals surface area contributed by atoms with Crippen LogP contribution < -0.4 is 0 Å². The number of amides is 1. The highest BCUT2D eigenvalue weighted by Crippen LogP contribution is 2.24. The highest BCUT2D eigenvalue weighted by Gasteiger charge is 2.25. The average molecular weight is 335 g/mol. The quantitative estimate of drug-likeness (QED) is 0.844. The Hall–Kier alpha value is -0.780. The Bertz CT molecular complexity index is 455. The Labute approximate surface area is 119 Å². The number of halogens is 2. The minimum atomic E-state index is -0.196. The van der Waals surface area contributed by atoms with Crippen LogP contribution in [0.1, 0.15) is 10.4 Å². The SMILES string of the molecule is O=C(c1ccc(Br)cc1O)N1CCOC(CCl)C1. The fourth-order valence-electron chi connectivity index (χ4n) is 1.85. The van der Waals surface area contributed by atoms with Gasteiger partial charge in [-0.15, -0.1) is 11.6 Å². The Balaban J connectivity index is 2.15. The van der Waals surface area contributed by atoms with Crippen LogP contribution in [0, 0.1) is 0 Å². The first kappa shape index (κ1) is 13.6. The number of ether oxygens (including phenoxy) is 1. The van der Waals surface area contributed by atoms with E-state index in [-0.39, 0.29) is 17.8 Å². The van der Waals surface area contributed by atoms with Crippen molar-refractivity contribution in [1.82, 2.24) is 4.90 Å².